The molecule has 1 N–H and O–H groups in total. The lowest BCUT2D eigenvalue weighted by Crippen LogP contribution is -2.48. The molecule has 0 saturated carbocycles. The second-order valence-electron chi connectivity index (χ2n) is 8.23. The second kappa shape index (κ2) is 10.4. The first-order valence-electron chi connectivity index (χ1n) is 11.3. The van der Waals surface area contributed by atoms with Crippen molar-refractivity contribution < 1.29 is 29.0 Å². The number of carbonyl (C=O) groups is 3. The molecule has 1 aromatic heterocycles. The fourth-order valence-electron chi connectivity index (χ4n) is 4.56. The number of aliphatic hydroxyl groups excluding tert-OH is 1. The molecule has 1 unspecified atom stereocenters. The molecule has 0 bridgehead atoms. The number of rotatable bonds is 5. The molecule has 184 valence electrons. The maximum Gasteiger partial charge on any atom is 0.409 e. The Morgan fingerprint density at radius 3 is 2.57 bits per heavy atom. The molecule has 0 spiro atoms. The monoisotopic (exact) mass is 499 g/mol. The Kier molecular flexibility index (Phi) is 7.25. The standard InChI is InChI=1S/C25H26ClN3O6/c1-3-35-25(33)28-12-9-16(10-13-28)29-21(18-6-4-5-11-27-18)20(23(31)24(29)32)22(30)15-7-8-17(26)19(14-15)34-2/h4-8,11,14,16,21,30H,3,9-10,12-13H2,1-2H3/b22-20+. The van der Waals surface area contributed by atoms with Crippen molar-refractivity contribution >= 4 is 35.1 Å². The van der Waals surface area contributed by atoms with Crippen LogP contribution in [0.5, 0.6) is 5.75 Å². The van der Waals surface area contributed by atoms with Crippen LogP contribution in [0.2, 0.25) is 5.02 Å². The SMILES string of the molecule is CCOC(=O)N1CCC(N2C(=O)C(=O)/C(=C(/O)c3ccc(Cl)c(OC)c3)C2c2ccccn2)CC1. The molecular weight excluding hydrogens is 474 g/mol. The molecule has 1 aromatic carbocycles. The van der Waals surface area contributed by atoms with E-state index >= 15 is 0 Å². The van der Waals surface area contributed by atoms with Crippen LogP contribution in [0.1, 0.15) is 37.1 Å². The van der Waals surface area contributed by atoms with E-state index < -0.39 is 23.8 Å². The predicted molar refractivity (Wildman–Crippen MR) is 128 cm³/mol. The Labute approximate surface area is 207 Å². The number of pyridine rings is 1. The number of halogens is 1. The van der Waals surface area contributed by atoms with E-state index in [0.717, 1.165) is 0 Å². The van der Waals surface area contributed by atoms with E-state index in [1.54, 1.807) is 48.4 Å². The van der Waals surface area contributed by atoms with Crippen LogP contribution in [-0.2, 0) is 14.3 Å². The van der Waals surface area contributed by atoms with Gasteiger partial charge in [0.05, 0.1) is 30.0 Å². The van der Waals surface area contributed by atoms with Gasteiger partial charge in [-0.1, -0.05) is 17.7 Å². The van der Waals surface area contributed by atoms with Gasteiger partial charge in [-0.15, -0.1) is 0 Å². The molecule has 10 heteroatoms. The van der Waals surface area contributed by atoms with Crippen molar-refractivity contribution in [2.45, 2.75) is 31.8 Å². The Hall–Kier alpha value is -3.59. The van der Waals surface area contributed by atoms with Gasteiger partial charge in [0.1, 0.15) is 17.6 Å². The molecule has 9 nitrogen and oxygen atoms in total. The summed E-state index contributed by atoms with van der Waals surface area (Å²) in [7, 11) is 1.44. The zero-order chi connectivity index (χ0) is 25.1. The highest BCUT2D eigenvalue weighted by atomic mass is 35.5. The first kappa shape index (κ1) is 24.5. The number of Topliss-reactive ketones (excluding diaryl/α,β-unsaturated/α-hetero) is 1. The van der Waals surface area contributed by atoms with Crippen molar-refractivity contribution in [2.75, 3.05) is 26.8 Å². The van der Waals surface area contributed by atoms with Gasteiger partial charge in [0, 0.05) is 30.9 Å². The van der Waals surface area contributed by atoms with Crippen LogP contribution in [0, 0.1) is 0 Å². The summed E-state index contributed by atoms with van der Waals surface area (Å²) in [5.74, 6) is -1.51. The number of aliphatic hydroxyl groups is 1. The van der Waals surface area contributed by atoms with Gasteiger partial charge < -0.3 is 24.4 Å². The predicted octanol–water partition coefficient (Wildman–Crippen LogP) is 3.79. The van der Waals surface area contributed by atoms with Gasteiger partial charge in [0.25, 0.3) is 11.7 Å². The van der Waals surface area contributed by atoms with Crippen LogP contribution in [-0.4, -0.2) is 70.5 Å². The quantitative estimate of drug-likeness (QED) is 0.378. The molecule has 2 aliphatic rings. The van der Waals surface area contributed by atoms with Crippen molar-refractivity contribution in [3.8, 4) is 5.75 Å². The lowest BCUT2D eigenvalue weighted by atomic mass is 9.96. The minimum Gasteiger partial charge on any atom is -0.507 e. The molecule has 35 heavy (non-hydrogen) atoms. The third-order valence-corrected chi connectivity index (χ3v) is 6.57. The third kappa shape index (κ3) is 4.68. The summed E-state index contributed by atoms with van der Waals surface area (Å²) in [5.41, 5.74) is 0.704. The molecule has 2 fully saturated rings. The number of ether oxygens (including phenoxy) is 2. The van der Waals surface area contributed by atoms with Crippen LogP contribution in [0.4, 0.5) is 4.79 Å². The number of aromatic nitrogens is 1. The molecule has 2 amide bonds. The summed E-state index contributed by atoms with van der Waals surface area (Å²) in [6.07, 6.45) is 2.10. The van der Waals surface area contributed by atoms with Gasteiger partial charge >= 0.3 is 6.09 Å². The topological polar surface area (TPSA) is 109 Å². The number of carbonyl (C=O) groups excluding carboxylic acids is 3. The highest BCUT2D eigenvalue weighted by molar-refractivity contribution is 6.46. The zero-order valence-electron chi connectivity index (χ0n) is 19.4. The van der Waals surface area contributed by atoms with E-state index in [1.807, 2.05) is 0 Å². The summed E-state index contributed by atoms with van der Waals surface area (Å²) >= 11 is 6.12. The number of likely N-dealkylation sites (tertiary alicyclic amines) is 2. The molecule has 1 atom stereocenters. The fraction of sp³-hybridized carbons (Fsp3) is 0.360. The Balaban J connectivity index is 1.73. The van der Waals surface area contributed by atoms with Gasteiger partial charge in [0.15, 0.2) is 0 Å². The highest BCUT2D eigenvalue weighted by Crippen LogP contribution is 2.42. The minimum atomic E-state index is -0.878. The Morgan fingerprint density at radius 1 is 1.20 bits per heavy atom. The summed E-state index contributed by atoms with van der Waals surface area (Å²) in [5, 5.41) is 11.6. The van der Waals surface area contributed by atoms with Crippen molar-refractivity contribution in [1.82, 2.24) is 14.8 Å². The maximum atomic E-state index is 13.3. The maximum absolute atomic E-state index is 13.3. The zero-order valence-corrected chi connectivity index (χ0v) is 20.2. The molecule has 2 aromatic rings. The van der Waals surface area contributed by atoms with Crippen LogP contribution in [0.25, 0.3) is 5.76 Å². The average Bonchev–Trinajstić information content (AvgIpc) is 3.15. The van der Waals surface area contributed by atoms with E-state index in [-0.39, 0.29) is 24.0 Å². The Bertz CT molecular complexity index is 1160. The summed E-state index contributed by atoms with van der Waals surface area (Å²) in [6, 6.07) is 8.62. The summed E-state index contributed by atoms with van der Waals surface area (Å²) in [4.78, 5) is 46.1. The van der Waals surface area contributed by atoms with Gasteiger partial charge in [-0.05, 0) is 50.1 Å². The van der Waals surface area contributed by atoms with Crippen molar-refractivity contribution in [2.24, 2.45) is 0 Å². The molecule has 0 aliphatic carbocycles. The van der Waals surface area contributed by atoms with Crippen molar-refractivity contribution in [3.05, 3.63) is 64.4 Å². The van der Waals surface area contributed by atoms with Crippen LogP contribution >= 0.6 is 11.6 Å². The highest BCUT2D eigenvalue weighted by Gasteiger charge is 2.50. The van der Waals surface area contributed by atoms with E-state index in [2.05, 4.69) is 4.98 Å². The van der Waals surface area contributed by atoms with Gasteiger partial charge in [-0.3, -0.25) is 14.6 Å². The number of hydrogen-bond donors (Lipinski definition) is 1. The smallest absolute Gasteiger partial charge is 0.409 e. The average molecular weight is 500 g/mol. The third-order valence-electron chi connectivity index (χ3n) is 6.26. The van der Waals surface area contributed by atoms with Crippen LogP contribution in [0.15, 0.2) is 48.2 Å². The molecule has 2 saturated heterocycles. The molecule has 2 aliphatic heterocycles. The lowest BCUT2D eigenvalue weighted by Gasteiger charge is -2.38. The van der Waals surface area contributed by atoms with Crippen molar-refractivity contribution in [1.29, 1.82) is 0 Å². The van der Waals surface area contributed by atoms with E-state index in [1.165, 1.54) is 18.1 Å². The largest absolute Gasteiger partial charge is 0.507 e. The van der Waals surface area contributed by atoms with Gasteiger partial charge in [0.2, 0.25) is 0 Å². The number of ketones is 1. The number of piperidine rings is 1. The van der Waals surface area contributed by atoms with Crippen LogP contribution in [0.3, 0.4) is 0 Å². The Morgan fingerprint density at radius 2 is 1.94 bits per heavy atom. The minimum absolute atomic E-state index is 0.0501. The number of benzene rings is 1. The number of methoxy groups -OCH3 is 1. The summed E-state index contributed by atoms with van der Waals surface area (Å²) in [6.45, 7) is 2.79. The van der Waals surface area contributed by atoms with E-state index in [9.17, 15) is 19.5 Å². The number of amides is 2. The summed E-state index contributed by atoms with van der Waals surface area (Å²) < 4.78 is 10.3. The first-order valence-corrected chi connectivity index (χ1v) is 11.7. The molecular formula is C25H26ClN3O6. The second-order valence-corrected chi connectivity index (χ2v) is 8.63. The number of hydrogen-bond acceptors (Lipinski definition) is 7. The van der Waals surface area contributed by atoms with E-state index in [4.69, 9.17) is 21.1 Å². The lowest BCUT2D eigenvalue weighted by molar-refractivity contribution is -0.142. The van der Waals surface area contributed by atoms with Gasteiger partial charge in [-0.2, -0.15) is 0 Å². The molecule has 4 rings (SSSR count). The molecule has 0 radical (unpaired) electrons. The van der Waals surface area contributed by atoms with E-state index in [0.29, 0.717) is 48.0 Å². The van der Waals surface area contributed by atoms with Crippen molar-refractivity contribution in [3.63, 3.8) is 0 Å². The molecule has 3 heterocycles. The van der Waals surface area contributed by atoms with Crippen LogP contribution < -0.4 is 4.74 Å². The fourth-order valence-corrected chi connectivity index (χ4v) is 4.75. The van der Waals surface area contributed by atoms with Gasteiger partial charge in [-0.25, -0.2) is 4.79 Å². The number of nitrogens with zero attached hydrogens (tertiary/aromatic N) is 3. The normalized spacial score (nSPS) is 20.3. The first-order chi connectivity index (χ1) is 16.9.